The molecule has 0 radical (unpaired) electrons. The molecule has 2 rings (SSSR count). The van der Waals surface area contributed by atoms with Gasteiger partial charge in [0.15, 0.2) is 0 Å². The molecule has 0 aromatic carbocycles. The van der Waals surface area contributed by atoms with Crippen LogP contribution in [0.2, 0.25) is 0 Å². The molecule has 2 aliphatic rings. The zero-order chi connectivity index (χ0) is 12.6. The van der Waals surface area contributed by atoms with Crippen LogP contribution in [-0.4, -0.2) is 23.6 Å². The quantitative estimate of drug-likeness (QED) is 0.751. The Balaban J connectivity index is 2.01. The van der Waals surface area contributed by atoms with Gasteiger partial charge in [0, 0.05) is 11.3 Å². The highest BCUT2D eigenvalue weighted by Crippen LogP contribution is 2.32. The second-order valence-electron chi connectivity index (χ2n) is 5.67. The van der Waals surface area contributed by atoms with Crippen LogP contribution in [0.4, 0.5) is 0 Å². The van der Waals surface area contributed by atoms with Crippen LogP contribution >= 0.6 is 11.8 Å². The van der Waals surface area contributed by atoms with Gasteiger partial charge in [-0.3, -0.25) is 0 Å². The van der Waals surface area contributed by atoms with Gasteiger partial charge < -0.3 is 5.32 Å². The molecule has 1 heterocycles. The lowest BCUT2D eigenvalue weighted by Crippen LogP contribution is -2.41. The molecule has 0 bridgehead atoms. The summed E-state index contributed by atoms with van der Waals surface area (Å²) in [6.45, 7) is 3.36. The van der Waals surface area contributed by atoms with Crippen molar-refractivity contribution in [2.24, 2.45) is 0 Å². The molecule has 2 atom stereocenters. The number of hydrogen-bond donors (Lipinski definition) is 1. The van der Waals surface area contributed by atoms with Crippen LogP contribution < -0.4 is 5.32 Å². The number of hydrogen-bond acceptors (Lipinski definition) is 2. The van der Waals surface area contributed by atoms with Gasteiger partial charge in [0.1, 0.15) is 0 Å². The molecule has 1 N–H and O–H groups in total. The highest BCUT2D eigenvalue weighted by molar-refractivity contribution is 8.00. The molecular weight excluding hydrogens is 238 g/mol. The van der Waals surface area contributed by atoms with Crippen LogP contribution in [0, 0.1) is 0 Å². The first kappa shape index (κ1) is 14.5. The van der Waals surface area contributed by atoms with Gasteiger partial charge >= 0.3 is 0 Å². The van der Waals surface area contributed by atoms with E-state index in [1.165, 1.54) is 63.5 Å². The van der Waals surface area contributed by atoms with Crippen molar-refractivity contribution in [2.45, 2.75) is 76.0 Å². The van der Waals surface area contributed by atoms with Crippen molar-refractivity contribution in [3.05, 3.63) is 11.6 Å². The third-order valence-electron chi connectivity index (χ3n) is 4.24. The summed E-state index contributed by atoms with van der Waals surface area (Å²) in [6, 6.07) is 0.665. The Labute approximate surface area is 117 Å². The third-order valence-corrected chi connectivity index (χ3v) is 5.70. The molecule has 1 saturated heterocycles. The van der Waals surface area contributed by atoms with Gasteiger partial charge in [-0.2, -0.15) is 11.8 Å². The highest BCUT2D eigenvalue weighted by atomic mass is 32.2. The van der Waals surface area contributed by atoms with Crippen LogP contribution in [0.1, 0.15) is 64.7 Å². The lowest BCUT2D eigenvalue weighted by molar-refractivity contribution is 0.494. The first-order chi connectivity index (χ1) is 8.92. The van der Waals surface area contributed by atoms with Crippen LogP contribution in [0.5, 0.6) is 0 Å². The molecule has 1 nitrogen and oxygen atoms in total. The molecule has 0 aromatic heterocycles. The van der Waals surface area contributed by atoms with Crippen LogP contribution in [0.25, 0.3) is 0 Å². The Kier molecular flexibility index (Phi) is 6.64. The predicted octanol–water partition coefficient (Wildman–Crippen LogP) is 4.53. The van der Waals surface area contributed by atoms with E-state index in [2.05, 4.69) is 30.1 Å². The van der Waals surface area contributed by atoms with Gasteiger partial charge in [-0.1, -0.05) is 37.8 Å². The molecule has 1 aliphatic heterocycles. The van der Waals surface area contributed by atoms with Crippen molar-refractivity contribution in [2.75, 3.05) is 12.3 Å². The second-order valence-corrected chi connectivity index (χ2v) is 7.02. The summed E-state index contributed by atoms with van der Waals surface area (Å²) in [5.74, 6) is 1.37. The topological polar surface area (TPSA) is 12.0 Å². The molecule has 1 fully saturated rings. The van der Waals surface area contributed by atoms with Gasteiger partial charge in [-0.15, -0.1) is 0 Å². The maximum Gasteiger partial charge on any atom is 0.0399 e. The number of rotatable bonds is 4. The normalized spacial score (nSPS) is 28.1. The minimum absolute atomic E-state index is 0.665. The van der Waals surface area contributed by atoms with Crippen molar-refractivity contribution < 1.29 is 0 Å². The number of nitrogens with one attached hydrogen (secondary N) is 1. The van der Waals surface area contributed by atoms with Crippen molar-refractivity contribution >= 4 is 11.8 Å². The van der Waals surface area contributed by atoms with E-state index in [1.54, 1.807) is 5.57 Å². The smallest absolute Gasteiger partial charge is 0.0399 e. The summed E-state index contributed by atoms with van der Waals surface area (Å²) in [4.78, 5) is 0. The van der Waals surface area contributed by atoms with E-state index in [0.29, 0.717) is 6.04 Å². The highest BCUT2D eigenvalue weighted by Gasteiger charge is 2.26. The second kappa shape index (κ2) is 8.27. The molecular formula is C16H29NS. The predicted molar refractivity (Wildman–Crippen MR) is 83.3 cm³/mol. The maximum atomic E-state index is 3.78. The number of thioether (sulfide) groups is 1. The van der Waals surface area contributed by atoms with Gasteiger partial charge in [-0.05, 0) is 50.8 Å². The first-order valence-corrected chi connectivity index (χ1v) is 9.00. The third kappa shape index (κ3) is 4.31. The molecule has 0 saturated carbocycles. The standard InChI is InChI=1S/C16H29NS/c1-2-17-16(15-12-8-9-13-18-15)14-10-6-4-3-5-7-11-14/h10,15-17H,2-9,11-13H2,1H3. The molecule has 0 spiro atoms. The van der Waals surface area contributed by atoms with Gasteiger partial charge in [0.2, 0.25) is 0 Å². The van der Waals surface area contributed by atoms with Crippen LogP contribution in [0.3, 0.4) is 0 Å². The van der Waals surface area contributed by atoms with Crippen molar-refractivity contribution in [3.63, 3.8) is 0 Å². The molecule has 104 valence electrons. The van der Waals surface area contributed by atoms with E-state index in [0.717, 1.165) is 11.8 Å². The molecule has 0 amide bonds. The van der Waals surface area contributed by atoms with E-state index in [-0.39, 0.29) is 0 Å². The summed E-state index contributed by atoms with van der Waals surface area (Å²) in [5.41, 5.74) is 1.73. The zero-order valence-electron chi connectivity index (χ0n) is 11.9. The number of allylic oxidation sites excluding steroid dienone is 1. The lowest BCUT2D eigenvalue weighted by atomic mass is 9.91. The number of likely N-dealkylation sites (N-methyl/N-ethyl adjacent to an activating group) is 1. The monoisotopic (exact) mass is 267 g/mol. The van der Waals surface area contributed by atoms with Crippen molar-refractivity contribution in [1.29, 1.82) is 0 Å². The average molecular weight is 267 g/mol. The largest absolute Gasteiger partial charge is 0.310 e. The van der Waals surface area contributed by atoms with Crippen LogP contribution in [-0.2, 0) is 0 Å². The van der Waals surface area contributed by atoms with E-state index in [9.17, 15) is 0 Å². The Morgan fingerprint density at radius 2 is 2.11 bits per heavy atom. The Bertz CT molecular complexity index is 256. The molecule has 18 heavy (non-hydrogen) atoms. The lowest BCUT2D eigenvalue weighted by Gasteiger charge is -2.33. The van der Waals surface area contributed by atoms with Crippen molar-refractivity contribution in [3.8, 4) is 0 Å². The summed E-state index contributed by atoms with van der Waals surface area (Å²) < 4.78 is 0. The fraction of sp³-hybridized carbons (Fsp3) is 0.875. The Morgan fingerprint density at radius 3 is 2.89 bits per heavy atom. The fourth-order valence-electron chi connectivity index (χ4n) is 3.25. The maximum absolute atomic E-state index is 3.78. The SMILES string of the molecule is CCNC(C1=CCCCCCC1)C1CCCCS1. The molecule has 0 aromatic rings. The minimum atomic E-state index is 0.665. The average Bonchev–Trinajstić information content (AvgIpc) is 2.38. The van der Waals surface area contributed by atoms with E-state index in [4.69, 9.17) is 0 Å². The molecule has 1 aliphatic carbocycles. The Hall–Kier alpha value is 0.0500. The first-order valence-electron chi connectivity index (χ1n) is 7.95. The zero-order valence-corrected chi connectivity index (χ0v) is 12.7. The van der Waals surface area contributed by atoms with Crippen molar-refractivity contribution in [1.82, 2.24) is 5.32 Å². The van der Waals surface area contributed by atoms with E-state index < -0.39 is 0 Å². The fourth-order valence-corrected chi connectivity index (χ4v) is 4.72. The summed E-state index contributed by atoms with van der Waals surface area (Å²) >= 11 is 2.21. The molecule has 2 heteroatoms. The van der Waals surface area contributed by atoms with E-state index >= 15 is 0 Å². The minimum Gasteiger partial charge on any atom is -0.310 e. The summed E-state index contributed by atoms with van der Waals surface area (Å²) in [5, 5.41) is 4.62. The van der Waals surface area contributed by atoms with Crippen LogP contribution in [0.15, 0.2) is 11.6 Å². The summed E-state index contributed by atoms with van der Waals surface area (Å²) in [7, 11) is 0. The van der Waals surface area contributed by atoms with Gasteiger partial charge in [0.25, 0.3) is 0 Å². The van der Waals surface area contributed by atoms with E-state index in [1.807, 2.05) is 0 Å². The Morgan fingerprint density at radius 1 is 1.22 bits per heavy atom. The van der Waals surface area contributed by atoms with Gasteiger partial charge in [-0.25, -0.2) is 0 Å². The molecule has 2 unspecified atom stereocenters. The summed E-state index contributed by atoms with van der Waals surface area (Å²) in [6.07, 6.45) is 15.2. The van der Waals surface area contributed by atoms with Gasteiger partial charge in [0.05, 0.1) is 0 Å².